The molecule has 1 heterocycles. The molecule has 0 aliphatic rings. The first-order valence-corrected chi connectivity index (χ1v) is 8.13. The average molecular weight is 328 g/mol. The first kappa shape index (κ1) is 17.8. The Labute approximate surface area is 142 Å². The molecule has 2 rings (SSSR count). The number of carbonyl (C=O) groups is 2. The topological polar surface area (TPSA) is 62.6 Å². The van der Waals surface area contributed by atoms with Gasteiger partial charge in [-0.05, 0) is 24.6 Å². The van der Waals surface area contributed by atoms with E-state index in [9.17, 15) is 9.59 Å². The highest BCUT2D eigenvalue weighted by molar-refractivity contribution is 5.88. The molecule has 0 bridgehead atoms. The molecule has 1 atom stereocenters. The molecule has 0 radical (unpaired) electrons. The van der Waals surface area contributed by atoms with Crippen molar-refractivity contribution in [2.75, 3.05) is 0 Å². The zero-order valence-corrected chi connectivity index (χ0v) is 14.4. The first-order chi connectivity index (χ1) is 11.5. The van der Waals surface area contributed by atoms with Crippen LogP contribution in [0.4, 0.5) is 0 Å². The number of furan rings is 1. The molecule has 1 unspecified atom stereocenters. The summed E-state index contributed by atoms with van der Waals surface area (Å²) in [7, 11) is 0. The van der Waals surface area contributed by atoms with Crippen LogP contribution in [-0.4, -0.2) is 22.8 Å². The van der Waals surface area contributed by atoms with E-state index in [1.807, 2.05) is 44.2 Å². The summed E-state index contributed by atoms with van der Waals surface area (Å²) < 4.78 is 5.21. The van der Waals surface area contributed by atoms with Gasteiger partial charge in [0.15, 0.2) is 0 Å². The number of hydrogen-bond acceptors (Lipinski definition) is 3. The van der Waals surface area contributed by atoms with E-state index in [0.717, 1.165) is 5.56 Å². The maximum absolute atomic E-state index is 12.6. The van der Waals surface area contributed by atoms with Crippen molar-refractivity contribution in [3.63, 3.8) is 0 Å². The van der Waals surface area contributed by atoms with Gasteiger partial charge in [0, 0.05) is 12.5 Å². The Balaban J connectivity index is 2.06. The number of nitrogens with one attached hydrogen (secondary N) is 1. The predicted octanol–water partition coefficient (Wildman–Crippen LogP) is 2.97. The second-order valence-corrected chi connectivity index (χ2v) is 6.08. The van der Waals surface area contributed by atoms with Gasteiger partial charge in [0.25, 0.3) is 0 Å². The van der Waals surface area contributed by atoms with Crippen LogP contribution in [0.15, 0.2) is 53.1 Å². The third-order valence-corrected chi connectivity index (χ3v) is 3.84. The molecule has 24 heavy (non-hydrogen) atoms. The molecule has 128 valence electrons. The number of amides is 2. The van der Waals surface area contributed by atoms with E-state index in [1.165, 1.54) is 0 Å². The summed E-state index contributed by atoms with van der Waals surface area (Å²) in [5, 5.41) is 2.82. The molecule has 2 amide bonds. The molecule has 1 aromatic carbocycles. The fraction of sp³-hybridized carbons (Fsp3) is 0.368. The van der Waals surface area contributed by atoms with E-state index < -0.39 is 6.04 Å². The van der Waals surface area contributed by atoms with Gasteiger partial charge in [0.2, 0.25) is 11.8 Å². The third-order valence-electron chi connectivity index (χ3n) is 3.84. The van der Waals surface area contributed by atoms with Gasteiger partial charge in [-0.15, -0.1) is 0 Å². The Morgan fingerprint density at radius 1 is 1.08 bits per heavy atom. The van der Waals surface area contributed by atoms with E-state index in [-0.39, 0.29) is 17.7 Å². The van der Waals surface area contributed by atoms with Crippen molar-refractivity contribution in [1.29, 1.82) is 0 Å². The summed E-state index contributed by atoms with van der Waals surface area (Å²) in [5.41, 5.74) is 0.997. The molecule has 0 spiro atoms. The molecule has 0 saturated heterocycles. The molecule has 2 aromatic rings. The Bertz CT molecular complexity index is 651. The highest BCUT2D eigenvalue weighted by Gasteiger charge is 2.27. The summed E-state index contributed by atoms with van der Waals surface area (Å²) in [4.78, 5) is 26.6. The number of rotatable bonds is 7. The SMILES string of the molecule is CC(C)C(=O)N(Cc1ccccc1)C(C)C(=O)NCc1ccco1. The largest absolute Gasteiger partial charge is 0.467 e. The predicted molar refractivity (Wildman–Crippen MR) is 91.8 cm³/mol. The highest BCUT2D eigenvalue weighted by atomic mass is 16.3. The summed E-state index contributed by atoms with van der Waals surface area (Å²) in [6, 6.07) is 12.7. The molecule has 0 aliphatic carbocycles. The minimum atomic E-state index is -0.560. The quantitative estimate of drug-likeness (QED) is 0.850. The van der Waals surface area contributed by atoms with Crippen LogP contribution in [0, 0.1) is 5.92 Å². The van der Waals surface area contributed by atoms with E-state index >= 15 is 0 Å². The second-order valence-electron chi connectivity index (χ2n) is 6.08. The van der Waals surface area contributed by atoms with Crippen LogP contribution < -0.4 is 5.32 Å². The van der Waals surface area contributed by atoms with Crippen LogP contribution in [-0.2, 0) is 22.7 Å². The lowest BCUT2D eigenvalue weighted by Gasteiger charge is -2.30. The van der Waals surface area contributed by atoms with Gasteiger partial charge in [0.1, 0.15) is 11.8 Å². The van der Waals surface area contributed by atoms with Gasteiger partial charge in [-0.25, -0.2) is 0 Å². The van der Waals surface area contributed by atoms with Crippen molar-refractivity contribution >= 4 is 11.8 Å². The maximum Gasteiger partial charge on any atom is 0.242 e. The van der Waals surface area contributed by atoms with E-state index in [2.05, 4.69) is 5.32 Å². The van der Waals surface area contributed by atoms with Crippen molar-refractivity contribution in [1.82, 2.24) is 10.2 Å². The van der Waals surface area contributed by atoms with Crippen LogP contribution >= 0.6 is 0 Å². The van der Waals surface area contributed by atoms with Crippen LogP contribution in [0.3, 0.4) is 0 Å². The van der Waals surface area contributed by atoms with E-state index in [4.69, 9.17) is 4.42 Å². The van der Waals surface area contributed by atoms with Crippen molar-refractivity contribution in [3.8, 4) is 0 Å². The fourth-order valence-corrected chi connectivity index (χ4v) is 2.39. The Morgan fingerprint density at radius 2 is 1.79 bits per heavy atom. The summed E-state index contributed by atoms with van der Waals surface area (Å²) in [6.45, 7) is 6.15. The standard InChI is InChI=1S/C19H24N2O3/c1-14(2)19(23)21(13-16-8-5-4-6-9-16)15(3)18(22)20-12-17-10-7-11-24-17/h4-11,14-15H,12-13H2,1-3H3,(H,20,22). The number of benzene rings is 1. The Kier molecular flexibility index (Phi) is 6.18. The minimum absolute atomic E-state index is 0.0421. The maximum atomic E-state index is 12.6. The van der Waals surface area contributed by atoms with Crippen molar-refractivity contribution < 1.29 is 14.0 Å². The molecule has 0 aliphatic heterocycles. The first-order valence-electron chi connectivity index (χ1n) is 8.13. The van der Waals surface area contributed by atoms with Crippen molar-refractivity contribution in [2.45, 2.75) is 39.9 Å². The summed E-state index contributed by atoms with van der Waals surface area (Å²) in [5.74, 6) is 0.269. The zero-order valence-electron chi connectivity index (χ0n) is 14.4. The van der Waals surface area contributed by atoms with Gasteiger partial charge >= 0.3 is 0 Å². The number of hydrogen-bond donors (Lipinski definition) is 1. The van der Waals surface area contributed by atoms with Gasteiger partial charge in [0.05, 0.1) is 12.8 Å². The smallest absolute Gasteiger partial charge is 0.242 e. The van der Waals surface area contributed by atoms with Crippen molar-refractivity contribution in [2.24, 2.45) is 5.92 Å². The van der Waals surface area contributed by atoms with Gasteiger partial charge < -0.3 is 14.6 Å². The molecule has 1 aromatic heterocycles. The summed E-state index contributed by atoms with van der Waals surface area (Å²) >= 11 is 0. The lowest BCUT2D eigenvalue weighted by Crippen LogP contribution is -2.48. The third kappa shape index (κ3) is 4.72. The second kappa shape index (κ2) is 8.34. The zero-order chi connectivity index (χ0) is 17.5. The molecule has 1 N–H and O–H groups in total. The number of nitrogens with zero attached hydrogens (tertiary/aromatic N) is 1. The van der Waals surface area contributed by atoms with Crippen molar-refractivity contribution in [3.05, 3.63) is 60.1 Å². The van der Waals surface area contributed by atoms with Crippen LogP contribution in [0.1, 0.15) is 32.1 Å². The Morgan fingerprint density at radius 3 is 2.38 bits per heavy atom. The number of carbonyl (C=O) groups excluding carboxylic acids is 2. The highest BCUT2D eigenvalue weighted by Crippen LogP contribution is 2.13. The van der Waals surface area contributed by atoms with Gasteiger partial charge in [-0.1, -0.05) is 44.2 Å². The van der Waals surface area contributed by atoms with Crippen LogP contribution in [0.25, 0.3) is 0 Å². The molecule has 5 nitrogen and oxygen atoms in total. The fourth-order valence-electron chi connectivity index (χ4n) is 2.39. The average Bonchev–Trinajstić information content (AvgIpc) is 3.10. The molecular weight excluding hydrogens is 304 g/mol. The lowest BCUT2D eigenvalue weighted by molar-refractivity contribution is -0.143. The minimum Gasteiger partial charge on any atom is -0.467 e. The monoisotopic (exact) mass is 328 g/mol. The van der Waals surface area contributed by atoms with Crippen LogP contribution in [0.5, 0.6) is 0 Å². The van der Waals surface area contributed by atoms with E-state index in [0.29, 0.717) is 18.8 Å². The van der Waals surface area contributed by atoms with E-state index in [1.54, 1.807) is 30.2 Å². The van der Waals surface area contributed by atoms with Crippen LogP contribution in [0.2, 0.25) is 0 Å². The summed E-state index contributed by atoms with van der Waals surface area (Å²) in [6.07, 6.45) is 1.56. The molecule has 0 saturated carbocycles. The van der Waals surface area contributed by atoms with Gasteiger partial charge in [-0.3, -0.25) is 9.59 Å². The molecule has 0 fully saturated rings. The molecular formula is C19H24N2O3. The molecule has 5 heteroatoms. The normalized spacial score (nSPS) is 12.0. The van der Waals surface area contributed by atoms with Gasteiger partial charge in [-0.2, -0.15) is 0 Å². The lowest BCUT2D eigenvalue weighted by atomic mass is 10.1. The Hall–Kier alpha value is -2.56.